The molecule has 1 aliphatic rings. The molecule has 19 heavy (non-hydrogen) atoms. The van der Waals surface area contributed by atoms with Gasteiger partial charge < -0.3 is 0 Å². The smallest absolute Gasteiger partial charge is 0.0841 e. The molecule has 2 aromatic heterocycles. The molecule has 0 saturated carbocycles. The fourth-order valence-corrected chi connectivity index (χ4v) is 3.78. The molecule has 1 fully saturated rings. The van der Waals surface area contributed by atoms with Gasteiger partial charge in [-0.1, -0.05) is 11.3 Å². The van der Waals surface area contributed by atoms with E-state index in [-0.39, 0.29) is 0 Å². The second-order valence-corrected chi connectivity index (χ2v) is 6.06. The SMILES string of the molecule is CCn1nnc(C)c1CN1CCC[C@H]1c1cccs1. The fourth-order valence-electron chi connectivity index (χ4n) is 2.88. The van der Waals surface area contributed by atoms with Crippen molar-refractivity contribution in [3.05, 3.63) is 33.8 Å². The Morgan fingerprint density at radius 1 is 1.47 bits per heavy atom. The molecule has 102 valence electrons. The monoisotopic (exact) mass is 276 g/mol. The van der Waals surface area contributed by atoms with Crippen LogP contribution in [0.5, 0.6) is 0 Å². The zero-order valence-corrected chi connectivity index (χ0v) is 12.4. The molecule has 0 bridgehead atoms. The summed E-state index contributed by atoms with van der Waals surface area (Å²) >= 11 is 1.87. The molecule has 3 heterocycles. The third-order valence-corrected chi connectivity index (χ3v) is 4.89. The number of rotatable bonds is 4. The molecule has 0 aromatic carbocycles. The average Bonchev–Trinajstić information content (AvgIpc) is 3.12. The molecule has 1 atom stereocenters. The van der Waals surface area contributed by atoms with Crippen molar-refractivity contribution in [2.45, 2.75) is 45.8 Å². The molecule has 1 aliphatic heterocycles. The van der Waals surface area contributed by atoms with Crippen LogP contribution in [-0.2, 0) is 13.1 Å². The third kappa shape index (κ3) is 2.44. The molecule has 0 unspecified atom stereocenters. The van der Waals surface area contributed by atoms with Gasteiger partial charge in [0.25, 0.3) is 0 Å². The molecule has 1 saturated heterocycles. The van der Waals surface area contributed by atoms with E-state index in [1.54, 1.807) is 0 Å². The largest absolute Gasteiger partial charge is 0.290 e. The zero-order chi connectivity index (χ0) is 13.2. The number of hydrogen-bond donors (Lipinski definition) is 0. The van der Waals surface area contributed by atoms with Gasteiger partial charge in [-0.25, -0.2) is 4.68 Å². The van der Waals surface area contributed by atoms with E-state index in [1.807, 2.05) is 16.0 Å². The predicted molar refractivity (Wildman–Crippen MR) is 77.1 cm³/mol. The van der Waals surface area contributed by atoms with E-state index >= 15 is 0 Å². The van der Waals surface area contributed by atoms with Crippen LogP contribution in [0.15, 0.2) is 17.5 Å². The Morgan fingerprint density at radius 3 is 3.11 bits per heavy atom. The van der Waals surface area contributed by atoms with Crippen molar-refractivity contribution in [3.8, 4) is 0 Å². The van der Waals surface area contributed by atoms with Crippen LogP contribution in [0.1, 0.15) is 42.1 Å². The molecule has 0 radical (unpaired) electrons. The van der Waals surface area contributed by atoms with Gasteiger partial charge in [-0.05, 0) is 44.7 Å². The van der Waals surface area contributed by atoms with Crippen molar-refractivity contribution in [1.29, 1.82) is 0 Å². The van der Waals surface area contributed by atoms with Crippen LogP contribution < -0.4 is 0 Å². The van der Waals surface area contributed by atoms with Gasteiger partial charge in [0.1, 0.15) is 0 Å². The van der Waals surface area contributed by atoms with Gasteiger partial charge in [-0.2, -0.15) is 0 Å². The van der Waals surface area contributed by atoms with E-state index in [0.29, 0.717) is 6.04 Å². The van der Waals surface area contributed by atoms with Crippen molar-refractivity contribution in [3.63, 3.8) is 0 Å². The van der Waals surface area contributed by atoms with E-state index in [1.165, 1.54) is 30.0 Å². The molecule has 0 aliphatic carbocycles. The first-order valence-corrected chi connectivity index (χ1v) is 7.84. The Labute approximate surface area is 118 Å². The summed E-state index contributed by atoms with van der Waals surface area (Å²) in [5, 5.41) is 10.6. The Morgan fingerprint density at radius 2 is 2.37 bits per heavy atom. The maximum atomic E-state index is 4.21. The van der Waals surface area contributed by atoms with Crippen LogP contribution in [0.2, 0.25) is 0 Å². The number of likely N-dealkylation sites (tertiary alicyclic amines) is 1. The van der Waals surface area contributed by atoms with Crippen molar-refractivity contribution in [2.75, 3.05) is 6.54 Å². The zero-order valence-electron chi connectivity index (χ0n) is 11.5. The first-order chi connectivity index (χ1) is 9.29. The Hall–Kier alpha value is -1.20. The minimum Gasteiger partial charge on any atom is -0.290 e. The molecule has 0 spiro atoms. The molecular formula is C14H20N4S. The molecule has 5 heteroatoms. The molecule has 2 aromatic rings. The summed E-state index contributed by atoms with van der Waals surface area (Å²) in [5.74, 6) is 0. The van der Waals surface area contributed by atoms with Crippen molar-refractivity contribution in [1.82, 2.24) is 19.9 Å². The summed E-state index contributed by atoms with van der Waals surface area (Å²) in [5.41, 5.74) is 2.34. The van der Waals surface area contributed by atoms with Gasteiger partial charge in [0.2, 0.25) is 0 Å². The summed E-state index contributed by atoms with van der Waals surface area (Å²) < 4.78 is 2.03. The highest BCUT2D eigenvalue weighted by molar-refractivity contribution is 7.10. The summed E-state index contributed by atoms with van der Waals surface area (Å²) in [6.07, 6.45) is 2.56. The van der Waals surface area contributed by atoms with Gasteiger partial charge in [0.05, 0.1) is 11.4 Å². The normalized spacial score (nSPS) is 20.2. The van der Waals surface area contributed by atoms with Gasteiger partial charge in [0, 0.05) is 24.0 Å². The second-order valence-electron chi connectivity index (χ2n) is 5.08. The number of hydrogen-bond acceptors (Lipinski definition) is 4. The number of thiophene rings is 1. The first kappa shape index (κ1) is 12.8. The highest BCUT2D eigenvalue weighted by Crippen LogP contribution is 2.35. The topological polar surface area (TPSA) is 34.0 Å². The van der Waals surface area contributed by atoms with Gasteiger partial charge in [-0.3, -0.25) is 4.90 Å². The van der Waals surface area contributed by atoms with E-state index in [2.05, 4.69) is 46.6 Å². The lowest BCUT2D eigenvalue weighted by atomic mass is 10.2. The predicted octanol–water partition coefficient (Wildman–Crippen LogP) is 3.01. The highest BCUT2D eigenvalue weighted by atomic mass is 32.1. The highest BCUT2D eigenvalue weighted by Gasteiger charge is 2.28. The van der Waals surface area contributed by atoms with Crippen molar-refractivity contribution < 1.29 is 0 Å². The lowest BCUT2D eigenvalue weighted by molar-refractivity contribution is 0.243. The first-order valence-electron chi connectivity index (χ1n) is 6.96. The Balaban J connectivity index is 1.80. The second kappa shape index (κ2) is 5.43. The Kier molecular flexibility index (Phi) is 3.66. The van der Waals surface area contributed by atoms with Gasteiger partial charge in [-0.15, -0.1) is 16.4 Å². The van der Waals surface area contributed by atoms with Crippen LogP contribution in [0.3, 0.4) is 0 Å². The molecular weight excluding hydrogens is 256 g/mol. The van der Waals surface area contributed by atoms with E-state index in [0.717, 1.165) is 18.8 Å². The standard InChI is InChI=1S/C14H20N4S/c1-3-18-13(11(2)15-16-18)10-17-8-4-6-12(17)14-7-5-9-19-14/h5,7,9,12H,3-4,6,8,10H2,1-2H3/t12-/m0/s1. The molecule has 3 rings (SSSR count). The third-order valence-electron chi connectivity index (χ3n) is 3.92. The maximum absolute atomic E-state index is 4.21. The lowest BCUT2D eigenvalue weighted by Gasteiger charge is -2.23. The van der Waals surface area contributed by atoms with Crippen molar-refractivity contribution >= 4 is 11.3 Å². The molecule has 4 nitrogen and oxygen atoms in total. The maximum Gasteiger partial charge on any atom is 0.0841 e. The van der Waals surface area contributed by atoms with E-state index in [9.17, 15) is 0 Å². The Bertz CT molecular complexity index is 532. The quantitative estimate of drug-likeness (QED) is 0.861. The molecule has 0 amide bonds. The lowest BCUT2D eigenvalue weighted by Crippen LogP contribution is -2.24. The average molecular weight is 276 g/mol. The van der Waals surface area contributed by atoms with Crippen LogP contribution >= 0.6 is 11.3 Å². The summed E-state index contributed by atoms with van der Waals surface area (Å²) in [6.45, 7) is 7.23. The number of aryl methyl sites for hydroxylation is 2. The summed E-state index contributed by atoms with van der Waals surface area (Å²) in [6, 6.07) is 5.00. The van der Waals surface area contributed by atoms with Gasteiger partial charge in [0.15, 0.2) is 0 Å². The van der Waals surface area contributed by atoms with Crippen LogP contribution in [-0.4, -0.2) is 26.4 Å². The van der Waals surface area contributed by atoms with Gasteiger partial charge >= 0.3 is 0 Å². The van der Waals surface area contributed by atoms with Crippen LogP contribution in [0, 0.1) is 6.92 Å². The van der Waals surface area contributed by atoms with E-state index < -0.39 is 0 Å². The van der Waals surface area contributed by atoms with Crippen LogP contribution in [0.25, 0.3) is 0 Å². The van der Waals surface area contributed by atoms with Crippen molar-refractivity contribution in [2.24, 2.45) is 0 Å². The summed E-state index contributed by atoms with van der Waals surface area (Å²) in [7, 11) is 0. The van der Waals surface area contributed by atoms with E-state index in [4.69, 9.17) is 0 Å². The number of aromatic nitrogens is 3. The minimum atomic E-state index is 0.583. The summed E-state index contributed by atoms with van der Waals surface area (Å²) in [4.78, 5) is 4.06. The number of nitrogens with zero attached hydrogens (tertiary/aromatic N) is 4. The van der Waals surface area contributed by atoms with Crippen LogP contribution in [0.4, 0.5) is 0 Å². The minimum absolute atomic E-state index is 0.583. The molecule has 0 N–H and O–H groups in total. The fraction of sp³-hybridized carbons (Fsp3) is 0.571.